The van der Waals surface area contributed by atoms with Crippen LogP contribution in [0.1, 0.15) is 60.8 Å². The van der Waals surface area contributed by atoms with Crippen molar-refractivity contribution in [3.8, 4) is 0 Å². The van der Waals surface area contributed by atoms with Crippen molar-refractivity contribution >= 4 is 55.8 Å². The van der Waals surface area contributed by atoms with E-state index in [9.17, 15) is 14.4 Å². The Morgan fingerprint density at radius 1 is 0.515 bits per heavy atom. The summed E-state index contributed by atoms with van der Waals surface area (Å²) in [4.78, 5) is 29.9. The van der Waals surface area contributed by atoms with E-state index in [0.717, 1.165) is 0 Å². The molecule has 0 aromatic carbocycles. The number of aliphatic hydroxyl groups is 4. The number of thiol groups is 3. The minimum absolute atomic E-state index is 0.107. The molecule has 7 N–H and O–H groups in total. The van der Waals surface area contributed by atoms with Crippen LogP contribution in [0.2, 0.25) is 0 Å². The molecule has 13 heteroatoms. The van der Waals surface area contributed by atoms with Gasteiger partial charge in [0.25, 0.3) is 0 Å². The van der Waals surface area contributed by atoms with Crippen molar-refractivity contribution in [1.29, 1.82) is 0 Å². The lowest BCUT2D eigenvalue weighted by Crippen LogP contribution is -2.37. The van der Waals surface area contributed by atoms with Crippen LogP contribution in [0.4, 0.5) is 0 Å². The lowest BCUT2D eigenvalue weighted by atomic mass is 9.93. The predicted octanol–water partition coefficient (Wildman–Crippen LogP) is 1.45. The Hall–Kier alpha value is -0.700. The van der Waals surface area contributed by atoms with Gasteiger partial charge < -0.3 is 35.7 Å². The van der Waals surface area contributed by atoms with Crippen molar-refractivity contribution in [2.45, 2.75) is 75.0 Å². The molecule has 0 amide bonds. The van der Waals surface area contributed by atoms with Crippen LogP contribution >= 0.6 is 37.9 Å². The van der Waals surface area contributed by atoms with Gasteiger partial charge in [0.05, 0.1) is 51.1 Å². The van der Waals surface area contributed by atoms with Crippen LogP contribution in [0, 0.1) is 5.41 Å². The largest absolute Gasteiger partial charge is 0.481 e. The Labute approximate surface area is 212 Å². The molecule has 0 aliphatic rings. The first kappa shape index (κ1) is 39.5. The molecule has 33 heavy (non-hydrogen) atoms. The van der Waals surface area contributed by atoms with Crippen LogP contribution < -0.4 is 0 Å². The molecule has 0 rings (SSSR count). The van der Waals surface area contributed by atoms with Gasteiger partial charge in [-0.05, 0) is 0 Å². The third-order valence-electron chi connectivity index (χ3n) is 3.09. The number of aliphatic carboxylic acids is 3. The summed E-state index contributed by atoms with van der Waals surface area (Å²) in [7, 11) is 0. The van der Waals surface area contributed by atoms with Crippen molar-refractivity contribution in [2.75, 3.05) is 26.4 Å². The van der Waals surface area contributed by atoms with E-state index >= 15 is 0 Å². The number of hydrogen-bond donors (Lipinski definition) is 10. The highest BCUT2D eigenvalue weighted by Gasteiger charge is 2.26. The van der Waals surface area contributed by atoms with Gasteiger partial charge in [-0.25, -0.2) is 0 Å². The van der Waals surface area contributed by atoms with Gasteiger partial charge in [0.15, 0.2) is 0 Å². The zero-order valence-electron chi connectivity index (χ0n) is 20.1. The van der Waals surface area contributed by atoms with E-state index in [4.69, 9.17) is 35.7 Å². The molecular formula is C20H42O10S3. The molecule has 0 unspecified atom stereocenters. The minimum Gasteiger partial charge on any atom is -0.481 e. The lowest BCUT2D eigenvalue weighted by molar-refractivity contribution is -0.138. The molecule has 200 valence electrons. The molecule has 0 aliphatic carbocycles. The normalized spacial score (nSPS) is 11.5. The third-order valence-corrected chi connectivity index (χ3v) is 3.57. The van der Waals surface area contributed by atoms with Crippen LogP contribution in [-0.4, -0.2) is 94.3 Å². The van der Waals surface area contributed by atoms with Crippen LogP contribution in [-0.2, 0) is 14.4 Å². The zero-order chi connectivity index (χ0) is 27.7. The summed E-state index contributed by atoms with van der Waals surface area (Å²) in [6.07, 6.45) is 0.322. The Kier molecular flexibility index (Phi) is 22.3. The van der Waals surface area contributed by atoms with Gasteiger partial charge in [0, 0.05) is 14.2 Å². The second kappa shape index (κ2) is 18.6. The first-order valence-electron chi connectivity index (χ1n) is 9.75. The molecule has 0 saturated carbocycles. The van der Waals surface area contributed by atoms with Crippen molar-refractivity contribution in [1.82, 2.24) is 0 Å². The average Bonchev–Trinajstić information content (AvgIpc) is 2.52. The topological polar surface area (TPSA) is 193 Å². The second-order valence-electron chi connectivity index (χ2n) is 9.28. The average molecular weight is 539 g/mol. The number of carboxylic acid groups (broad SMARTS) is 3. The van der Waals surface area contributed by atoms with Crippen LogP contribution in [0.25, 0.3) is 0 Å². The van der Waals surface area contributed by atoms with E-state index in [1.807, 2.05) is 0 Å². The SMILES string of the molecule is CC(C)(S)CC(=O)O.CC(C)(S)CC(=O)O.CC(C)(S)CC(=O)O.OCC(CO)(CO)CO. The van der Waals surface area contributed by atoms with Crippen LogP contribution in [0.5, 0.6) is 0 Å². The van der Waals surface area contributed by atoms with E-state index in [0.29, 0.717) is 0 Å². The van der Waals surface area contributed by atoms with Crippen LogP contribution in [0.15, 0.2) is 0 Å². The van der Waals surface area contributed by atoms with Gasteiger partial charge in [0.2, 0.25) is 0 Å². The maximum atomic E-state index is 9.97. The van der Waals surface area contributed by atoms with Gasteiger partial charge in [-0.15, -0.1) is 0 Å². The Bertz CT molecular complexity index is 466. The summed E-state index contributed by atoms with van der Waals surface area (Å²) in [5, 5.41) is 58.6. The quantitative estimate of drug-likeness (QED) is 0.182. The highest BCUT2D eigenvalue weighted by atomic mass is 32.1. The van der Waals surface area contributed by atoms with Crippen LogP contribution in [0.3, 0.4) is 0 Å². The Morgan fingerprint density at radius 2 is 0.667 bits per heavy atom. The second-order valence-corrected chi connectivity index (χ2v) is 12.9. The number of carboxylic acids is 3. The maximum Gasteiger partial charge on any atom is 0.304 e. The van der Waals surface area contributed by atoms with E-state index < -0.39 is 49.8 Å². The van der Waals surface area contributed by atoms with Crippen molar-refractivity contribution in [2.24, 2.45) is 5.41 Å². The summed E-state index contributed by atoms with van der Waals surface area (Å²) in [5.74, 6) is -2.40. The summed E-state index contributed by atoms with van der Waals surface area (Å²) in [6.45, 7) is 8.98. The molecule has 0 spiro atoms. The third kappa shape index (κ3) is 38.8. The van der Waals surface area contributed by atoms with Gasteiger partial charge in [0.1, 0.15) is 0 Å². The molecule has 0 bridgehead atoms. The van der Waals surface area contributed by atoms with Gasteiger partial charge in [-0.1, -0.05) is 41.5 Å². The van der Waals surface area contributed by atoms with Crippen molar-refractivity contribution < 1.29 is 50.1 Å². The van der Waals surface area contributed by atoms with E-state index in [1.54, 1.807) is 41.5 Å². The van der Waals surface area contributed by atoms with Gasteiger partial charge >= 0.3 is 17.9 Å². The van der Waals surface area contributed by atoms with E-state index in [-0.39, 0.29) is 33.5 Å². The molecule has 0 radical (unpaired) electrons. The van der Waals surface area contributed by atoms with Gasteiger partial charge in [-0.3, -0.25) is 14.4 Å². The van der Waals surface area contributed by atoms with E-state index in [2.05, 4.69) is 37.9 Å². The Balaban J connectivity index is -0.000000170. The van der Waals surface area contributed by atoms with Crippen molar-refractivity contribution in [3.05, 3.63) is 0 Å². The molecule has 0 fully saturated rings. The number of rotatable bonds is 10. The van der Waals surface area contributed by atoms with Gasteiger partial charge in [-0.2, -0.15) is 37.9 Å². The number of aliphatic hydroxyl groups excluding tert-OH is 4. The molecule has 0 saturated heterocycles. The number of hydrogen-bond acceptors (Lipinski definition) is 10. The standard InChI is InChI=1S/C5H12O4.3C5H10O2S/c6-1-5(2-7,3-8)4-9;3*1-5(2,8)3-4(6)7/h6-9H,1-4H2;3*8H,3H2,1-2H3,(H,6,7). The summed E-state index contributed by atoms with van der Waals surface area (Å²) >= 11 is 12.0. The summed E-state index contributed by atoms with van der Waals surface area (Å²) < 4.78 is -1.15. The highest BCUT2D eigenvalue weighted by molar-refractivity contribution is 7.82. The minimum atomic E-state index is -1.11. The lowest BCUT2D eigenvalue weighted by Gasteiger charge is -2.23. The Morgan fingerprint density at radius 3 is 0.667 bits per heavy atom. The molecule has 0 aliphatic heterocycles. The molecule has 0 atom stereocenters. The maximum absolute atomic E-state index is 9.97. The zero-order valence-corrected chi connectivity index (χ0v) is 22.8. The van der Waals surface area contributed by atoms with E-state index in [1.165, 1.54) is 0 Å². The smallest absolute Gasteiger partial charge is 0.304 e. The molecule has 0 heterocycles. The summed E-state index contributed by atoms with van der Waals surface area (Å²) in [5.41, 5.74) is -1.11. The fourth-order valence-electron chi connectivity index (χ4n) is 1.41. The number of carbonyl (C=O) groups is 3. The predicted molar refractivity (Wildman–Crippen MR) is 137 cm³/mol. The molecular weight excluding hydrogens is 496 g/mol. The summed E-state index contributed by atoms with van der Waals surface area (Å²) in [6, 6.07) is 0. The van der Waals surface area contributed by atoms with Crippen molar-refractivity contribution in [3.63, 3.8) is 0 Å². The monoisotopic (exact) mass is 538 g/mol. The molecule has 0 aromatic rings. The first-order valence-corrected chi connectivity index (χ1v) is 11.1. The fraction of sp³-hybridized carbons (Fsp3) is 0.850. The fourth-order valence-corrected chi connectivity index (χ4v) is 1.82. The first-order chi connectivity index (χ1) is 14.5. The molecule has 10 nitrogen and oxygen atoms in total. The highest BCUT2D eigenvalue weighted by Crippen LogP contribution is 2.17. The molecule has 0 aromatic heterocycles.